The van der Waals surface area contributed by atoms with Gasteiger partial charge in [-0.1, -0.05) is 53.7 Å². The number of hydrogen-bond donors (Lipinski definition) is 1. The van der Waals surface area contributed by atoms with Crippen molar-refractivity contribution in [3.63, 3.8) is 0 Å². The third kappa shape index (κ3) is 2.66. The van der Waals surface area contributed by atoms with E-state index in [9.17, 15) is 9.90 Å². The fourth-order valence-corrected chi connectivity index (χ4v) is 2.22. The second-order valence-corrected chi connectivity index (χ2v) is 4.87. The van der Waals surface area contributed by atoms with E-state index in [1.807, 2.05) is 6.07 Å². The van der Waals surface area contributed by atoms with Crippen LogP contribution in [0.4, 0.5) is 0 Å². The van der Waals surface area contributed by atoms with Gasteiger partial charge in [0.05, 0.1) is 5.56 Å². The van der Waals surface area contributed by atoms with Gasteiger partial charge in [0.25, 0.3) is 5.89 Å². The van der Waals surface area contributed by atoms with Gasteiger partial charge in [-0.2, -0.15) is 4.98 Å². The number of aryl methyl sites for hydroxylation is 1. The fraction of sp³-hybridized carbons (Fsp3) is 0.118. The highest BCUT2D eigenvalue weighted by atomic mass is 16.5. The molecule has 0 spiro atoms. The van der Waals surface area contributed by atoms with E-state index < -0.39 is 11.9 Å². The van der Waals surface area contributed by atoms with E-state index in [1.54, 1.807) is 55.5 Å². The van der Waals surface area contributed by atoms with Crippen LogP contribution >= 0.6 is 0 Å². The number of aliphatic hydroxyl groups is 1. The summed E-state index contributed by atoms with van der Waals surface area (Å²) in [5, 5.41) is 14.0. The summed E-state index contributed by atoms with van der Waals surface area (Å²) >= 11 is 0. The minimum absolute atomic E-state index is 0.265. The van der Waals surface area contributed by atoms with Crippen molar-refractivity contribution in [2.75, 3.05) is 0 Å². The fourth-order valence-electron chi connectivity index (χ4n) is 2.22. The SMILES string of the molecule is Cc1noc(-c2ccccc2C(=O)C(O)c2ccccc2)n1. The number of hydrogen-bond acceptors (Lipinski definition) is 5. The largest absolute Gasteiger partial charge is 0.380 e. The van der Waals surface area contributed by atoms with Crippen LogP contribution in [0, 0.1) is 6.92 Å². The van der Waals surface area contributed by atoms with Gasteiger partial charge in [0, 0.05) is 5.56 Å². The molecule has 1 atom stereocenters. The molecule has 1 heterocycles. The summed E-state index contributed by atoms with van der Waals surface area (Å²) < 4.78 is 5.13. The van der Waals surface area contributed by atoms with Gasteiger partial charge >= 0.3 is 0 Å². The first-order chi connectivity index (χ1) is 10.7. The van der Waals surface area contributed by atoms with E-state index in [2.05, 4.69) is 10.1 Å². The Morgan fingerprint density at radius 1 is 1.09 bits per heavy atom. The summed E-state index contributed by atoms with van der Waals surface area (Å²) in [5.41, 5.74) is 1.41. The highest BCUT2D eigenvalue weighted by molar-refractivity contribution is 6.04. The molecule has 0 saturated heterocycles. The number of rotatable bonds is 4. The van der Waals surface area contributed by atoms with Crippen molar-refractivity contribution < 1.29 is 14.4 Å². The van der Waals surface area contributed by atoms with Crippen LogP contribution in [0.1, 0.15) is 27.8 Å². The number of carbonyl (C=O) groups excluding carboxylic acids is 1. The number of aliphatic hydroxyl groups excluding tert-OH is 1. The normalized spacial score (nSPS) is 12.1. The van der Waals surface area contributed by atoms with E-state index in [-0.39, 0.29) is 5.89 Å². The second-order valence-electron chi connectivity index (χ2n) is 4.87. The Kier molecular flexibility index (Phi) is 3.80. The van der Waals surface area contributed by atoms with E-state index >= 15 is 0 Å². The summed E-state index contributed by atoms with van der Waals surface area (Å²) in [6.45, 7) is 1.70. The average molecular weight is 294 g/mol. The molecule has 0 bridgehead atoms. The molecule has 0 aliphatic rings. The van der Waals surface area contributed by atoms with Crippen LogP contribution < -0.4 is 0 Å². The van der Waals surface area contributed by atoms with Gasteiger partial charge in [0.15, 0.2) is 11.6 Å². The number of Topliss-reactive ketones (excluding diaryl/α,β-unsaturated/α-hetero) is 1. The van der Waals surface area contributed by atoms with Crippen LogP contribution in [-0.2, 0) is 0 Å². The molecular formula is C17H14N2O3. The summed E-state index contributed by atoms with van der Waals surface area (Å²) in [7, 11) is 0. The lowest BCUT2D eigenvalue weighted by Crippen LogP contribution is -2.13. The van der Waals surface area contributed by atoms with E-state index in [4.69, 9.17) is 4.52 Å². The zero-order valence-corrected chi connectivity index (χ0v) is 11.9. The van der Waals surface area contributed by atoms with Gasteiger partial charge < -0.3 is 9.63 Å². The standard InChI is InChI=1S/C17H14N2O3/c1-11-18-17(22-19-11)14-10-6-5-9-13(14)16(21)15(20)12-7-3-2-4-8-12/h2-10,15,20H,1H3. The Balaban J connectivity index is 2.00. The molecule has 5 nitrogen and oxygen atoms in total. The number of aromatic nitrogens is 2. The highest BCUT2D eigenvalue weighted by Crippen LogP contribution is 2.26. The predicted octanol–water partition coefficient (Wildman–Crippen LogP) is 2.96. The van der Waals surface area contributed by atoms with E-state index in [0.29, 0.717) is 22.5 Å². The second kappa shape index (κ2) is 5.91. The third-order valence-electron chi connectivity index (χ3n) is 3.31. The molecule has 0 aliphatic carbocycles. The monoisotopic (exact) mass is 294 g/mol. The average Bonchev–Trinajstić information content (AvgIpc) is 3.00. The Morgan fingerprint density at radius 3 is 2.45 bits per heavy atom. The quantitative estimate of drug-likeness (QED) is 0.749. The molecule has 5 heteroatoms. The van der Waals surface area contributed by atoms with Crippen molar-refractivity contribution in [1.82, 2.24) is 10.1 Å². The van der Waals surface area contributed by atoms with Crippen LogP contribution in [0.3, 0.4) is 0 Å². The minimum Gasteiger partial charge on any atom is -0.380 e. The maximum Gasteiger partial charge on any atom is 0.258 e. The molecule has 22 heavy (non-hydrogen) atoms. The summed E-state index contributed by atoms with van der Waals surface area (Å²) in [4.78, 5) is 16.8. The number of benzene rings is 2. The van der Waals surface area contributed by atoms with Gasteiger partial charge in [-0.15, -0.1) is 0 Å². The van der Waals surface area contributed by atoms with Crippen LogP contribution in [0.2, 0.25) is 0 Å². The maximum atomic E-state index is 12.6. The van der Waals surface area contributed by atoms with Crippen molar-refractivity contribution in [3.05, 3.63) is 71.5 Å². The summed E-state index contributed by atoms with van der Waals surface area (Å²) in [6, 6.07) is 15.7. The van der Waals surface area contributed by atoms with Gasteiger partial charge in [-0.3, -0.25) is 4.79 Å². The van der Waals surface area contributed by atoms with Gasteiger partial charge in [-0.05, 0) is 18.6 Å². The number of ketones is 1. The molecule has 110 valence electrons. The molecule has 3 rings (SSSR count). The Hall–Kier alpha value is -2.79. The van der Waals surface area contributed by atoms with E-state index in [1.165, 1.54) is 0 Å². The lowest BCUT2D eigenvalue weighted by Gasteiger charge is -2.11. The number of nitrogens with zero attached hydrogens (tertiary/aromatic N) is 2. The van der Waals surface area contributed by atoms with Crippen molar-refractivity contribution >= 4 is 5.78 Å². The van der Waals surface area contributed by atoms with Gasteiger partial charge in [0.1, 0.15) is 6.10 Å². The van der Waals surface area contributed by atoms with Crippen LogP contribution in [-0.4, -0.2) is 21.0 Å². The lowest BCUT2D eigenvalue weighted by molar-refractivity contribution is 0.0748. The molecule has 0 radical (unpaired) electrons. The Labute approximate surface area is 127 Å². The highest BCUT2D eigenvalue weighted by Gasteiger charge is 2.23. The van der Waals surface area contributed by atoms with Gasteiger partial charge in [0.2, 0.25) is 0 Å². The van der Waals surface area contributed by atoms with Crippen LogP contribution in [0.25, 0.3) is 11.5 Å². The molecule has 1 N–H and O–H groups in total. The molecule has 0 saturated carbocycles. The molecular weight excluding hydrogens is 280 g/mol. The topological polar surface area (TPSA) is 76.2 Å². The summed E-state index contributed by atoms with van der Waals surface area (Å²) in [5.74, 6) is 0.347. The van der Waals surface area contributed by atoms with Crippen LogP contribution in [0.5, 0.6) is 0 Å². The van der Waals surface area contributed by atoms with Crippen molar-refractivity contribution in [2.45, 2.75) is 13.0 Å². The van der Waals surface area contributed by atoms with Crippen molar-refractivity contribution in [3.8, 4) is 11.5 Å². The smallest absolute Gasteiger partial charge is 0.258 e. The first-order valence-electron chi connectivity index (χ1n) is 6.84. The zero-order valence-electron chi connectivity index (χ0n) is 11.9. The third-order valence-corrected chi connectivity index (χ3v) is 3.31. The molecule has 2 aromatic carbocycles. The predicted molar refractivity (Wildman–Crippen MR) is 80.2 cm³/mol. The molecule has 0 amide bonds. The first-order valence-corrected chi connectivity index (χ1v) is 6.84. The van der Waals surface area contributed by atoms with Gasteiger partial charge in [-0.25, -0.2) is 0 Å². The molecule has 1 aromatic heterocycles. The molecule has 1 unspecified atom stereocenters. The lowest BCUT2D eigenvalue weighted by atomic mass is 9.96. The van der Waals surface area contributed by atoms with Crippen LogP contribution in [0.15, 0.2) is 59.1 Å². The van der Waals surface area contributed by atoms with Crippen molar-refractivity contribution in [2.24, 2.45) is 0 Å². The molecule has 0 aliphatic heterocycles. The van der Waals surface area contributed by atoms with E-state index in [0.717, 1.165) is 0 Å². The zero-order chi connectivity index (χ0) is 15.5. The minimum atomic E-state index is -1.23. The Morgan fingerprint density at radius 2 is 1.77 bits per heavy atom. The number of carbonyl (C=O) groups is 1. The molecule has 3 aromatic rings. The Bertz CT molecular complexity index is 796. The molecule has 0 fully saturated rings. The maximum absolute atomic E-state index is 12.6. The van der Waals surface area contributed by atoms with Crippen molar-refractivity contribution in [1.29, 1.82) is 0 Å². The first kappa shape index (κ1) is 14.2. The summed E-state index contributed by atoms with van der Waals surface area (Å²) in [6.07, 6.45) is -1.23.